The summed E-state index contributed by atoms with van der Waals surface area (Å²) >= 11 is 3.36. The number of nitrogens with zero attached hydrogens (tertiary/aromatic N) is 1. The van der Waals surface area contributed by atoms with E-state index in [1.807, 2.05) is 12.1 Å². The monoisotopic (exact) mass is 358 g/mol. The average Bonchev–Trinajstić information content (AvgIpc) is 2.48. The van der Waals surface area contributed by atoms with Crippen LogP contribution in [0, 0.1) is 5.92 Å². The second-order valence-electron chi connectivity index (χ2n) is 5.64. The number of hydrogen-bond donors (Lipinski definition) is 1. The molecule has 0 amide bonds. The van der Waals surface area contributed by atoms with Gasteiger partial charge in [0.1, 0.15) is 0 Å². The molecule has 1 atom stereocenters. The maximum absolute atomic E-state index is 12.4. The van der Waals surface area contributed by atoms with Crippen molar-refractivity contribution in [2.24, 2.45) is 5.92 Å². The molecule has 0 radical (unpaired) electrons. The second kappa shape index (κ2) is 5.75. The van der Waals surface area contributed by atoms with E-state index in [0.29, 0.717) is 10.8 Å². The normalized spacial score (nSPS) is 29.6. The number of benzene rings is 1. The van der Waals surface area contributed by atoms with Gasteiger partial charge in [-0.3, -0.25) is 0 Å². The molecule has 6 heteroatoms. The van der Waals surface area contributed by atoms with Gasteiger partial charge in [0.2, 0.25) is 10.0 Å². The summed E-state index contributed by atoms with van der Waals surface area (Å²) in [6, 6.07) is 7.12. The molecule has 20 heavy (non-hydrogen) atoms. The molecule has 1 aromatic rings. The molecule has 4 nitrogen and oxygen atoms in total. The van der Waals surface area contributed by atoms with Crippen molar-refractivity contribution >= 4 is 26.0 Å². The van der Waals surface area contributed by atoms with Crippen LogP contribution in [-0.2, 0) is 15.4 Å². The Balaban J connectivity index is 1.74. The molecule has 3 saturated heterocycles. The molecule has 4 rings (SSSR count). The van der Waals surface area contributed by atoms with Crippen molar-refractivity contribution in [1.82, 2.24) is 9.62 Å². The molecule has 1 aromatic carbocycles. The van der Waals surface area contributed by atoms with Gasteiger partial charge in [-0.1, -0.05) is 28.1 Å². The van der Waals surface area contributed by atoms with Gasteiger partial charge in [-0.2, -0.15) is 0 Å². The summed E-state index contributed by atoms with van der Waals surface area (Å²) in [6.45, 7) is 3.08. The zero-order valence-electron chi connectivity index (χ0n) is 11.3. The zero-order valence-corrected chi connectivity index (χ0v) is 13.7. The van der Waals surface area contributed by atoms with Gasteiger partial charge in [-0.25, -0.2) is 13.1 Å². The van der Waals surface area contributed by atoms with Crippen LogP contribution < -0.4 is 4.72 Å². The molecule has 3 heterocycles. The lowest BCUT2D eigenvalue weighted by molar-refractivity contribution is 0.0827. The Morgan fingerprint density at radius 1 is 1.20 bits per heavy atom. The first kappa shape index (κ1) is 14.5. The summed E-state index contributed by atoms with van der Waals surface area (Å²) in [5.41, 5.74) is 1.08. The Kier molecular flexibility index (Phi) is 4.17. The molecule has 0 aromatic heterocycles. The second-order valence-corrected chi connectivity index (χ2v) is 7.92. The molecule has 2 bridgehead atoms. The first-order chi connectivity index (χ1) is 9.58. The van der Waals surface area contributed by atoms with Gasteiger partial charge >= 0.3 is 0 Å². The summed E-state index contributed by atoms with van der Waals surface area (Å²) < 4.78 is 27.8. The lowest BCUT2D eigenvalue weighted by Gasteiger charge is -2.44. The molecule has 1 N–H and O–H groups in total. The minimum atomic E-state index is -3.40. The van der Waals surface area contributed by atoms with Crippen LogP contribution in [-0.4, -0.2) is 39.0 Å². The summed E-state index contributed by atoms with van der Waals surface area (Å²) in [5.74, 6) is 0.497. The molecule has 3 aliphatic rings. The van der Waals surface area contributed by atoms with E-state index in [4.69, 9.17) is 0 Å². The SMILES string of the molecule is O=S(=O)(NC1CN2CCC1CC2)c1ccc(CBr)cc1. The number of halogens is 1. The van der Waals surface area contributed by atoms with Crippen LogP contribution in [0.5, 0.6) is 0 Å². The molecule has 3 fully saturated rings. The van der Waals surface area contributed by atoms with Gasteiger partial charge in [-0.05, 0) is 49.5 Å². The maximum atomic E-state index is 12.4. The summed E-state index contributed by atoms with van der Waals surface area (Å²) in [5, 5.41) is 0.737. The lowest BCUT2D eigenvalue weighted by atomic mass is 9.85. The fourth-order valence-electron chi connectivity index (χ4n) is 3.12. The number of alkyl halides is 1. The van der Waals surface area contributed by atoms with Gasteiger partial charge in [-0.15, -0.1) is 0 Å². The predicted molar refractivity (Wildman–Crippen MR) is 82.3 cm³/mol. The third-order valence-electron chi connectivity index (χ3n) is 4.35. The first-order valence-electron chi connectivity index (χ1n) is 6.98. The Hall–Kier alpha value is -0.430. The van der Waals surface area contributed by atoms with Crippen LogP contribution in [0.25, 0.3) is 0 Å². The minimum absolute atomic E-state index is 0.0679. The van der Waals surface area contributed by atoms with E-state index < -0.39 is 10.0 Å². The number of fused-ring (bicyclic) bond motifs is 3. The van der Waals surface area contributed by atoms with Gasteiger partial charge < -0.3 is 4.90 Å². The van der Waals surface area contributed by atoms with E-state index in [1.54, 1.807) is 12.1 Å². The third kappa shape index (κ3) is 2.93. The molecular weight excluding hydrogens is 340 g/mol. The number of piperidine rings is 3. The van der Waals surface area contributed by atoms with Crippen molar-refractivity contribution in [1.29, 1.82) is 0 Å². The van der Waals surface area contributed by atoms with Crippen LogP contribution in [0.1, 0.15) is 18.4 Å². The van der Waals surface area contributed by atoms with Crippen molar-refractivity contribution in [2.75, 3.05) is 19.6 Å². The van der Waals surface area contributed by atoms with Crippen molar-refractivity contribution in [3.8, 4) is 0 Å². The molecule has 0 spiro atoms. The van der Waals surface area contributed by atoms with Gasteiger partial charge in [0.25, 0.3) is 0 Å². The molecular formula is C14H19BrN2O2S. The van der Waals surface area contributed by atoms with Crippen molar-refractivity contribution in [3.63, 3.8) is 0 Å². The van der Waals surface area contributed by atoms with Crippen LogP contribution in [0.15, 0.2) is 29.2 Å². The lowest BCUT2D eigenvalue weighted by Crippen LogP contribution is -2.57. The fraction of sp³-hybridized carbons (Fsp3) is 0.571. The van der Waals surface area contributed by atoms with Gasteiger partial charge in [0.05, 0.1) is 4.90 Å². The van der Waals surface area contributed by atoms with Crippen LogP contribution in [0.4, 0.5) is 0 Å². The van der Waals surface area contributed by atoms with Crippen molar-refractivity contribution in [3.05, 3.63) is 29.8 Å². The van der Waals surface area contributed by atoms with E-state index in [9.17, 15) is 8.42 Å². The Morgan fingerprint density at radius 3 is 2.35 bits per heavy atom. The Labute approximate surface area is 128 Å². The Morgan fingerprint density at radius 2 is 1.85 bits per heavy atom. The smallest absolute Gasteiger partial charge is 0.240 e. The maximum Gasteiger partial charge on any atom is 0.240 e. The number of hydrogen-bond acceptors (Lipinski definition) is 3. The standard InChI is InChI=1S/C14H19BrN2O2S/c15-9-11-1-3-13(4-2-11)20(18,19)16-14-10-17-7-5-12(14)6-8-17/h1-4,12,14,16H,5-10H2. The summed E-state index contributed by atoms with van der Waals surface area (Å²) in [7, 11) is -3.40. The van der Waals surface area contributed by atoms with E-state index in [2.05, 4.69) is 25.6 Å². The highest BCUT2D eigenvalue weighted by Gasteiger charge is 2.36. The molecule has 0 saturated carbocycles. The van der Waals surface area contributed by atoms with E-state index in [0.717, 1.165) is 43.4 Å². The largest absolute Gasteiger partial charge is 0.302 e. The quantitative estimate of drug-likeness (QED) is 0.837. The highest BCUT2D eigenvalue weighted by molar-refractivity contribution is 9.08. The third-order valence-corrected chi connectivity index (χ3v) is 6.50. The highest BCUT2D eigenvalue weighted by atomic mass is 79.9. The molecule has 3 aliphatic heterocycles. The number of sulfonamides is 1. The van der Waals surface area contributed by atoms with Crippen LogP contribution >= 0.6 is 15.9 Å². The predicted octanol–water partition coefficient (Wildman–Crippen LogP) is 1.95. The Bertz CT molecular complexity index is 565. The van der Waals surface area contributed by atoms with E-state index in [-0.39, 0.29) is 6.04 Å². The topological polar surface area (TPSA) is 49.4 Å². The van der Waals surface area contributed by atoms with Gasteiger partial charge in [0, 0.05) is 17.9 Å². The van der Waals surface area contributed by atoms with Crippen LogP contribution in [0.3, 0.4) is 0 Å². The zero-order chi connectivity index (χ0) is 14.2. The van der Waals surface area contributed by atoms with Crippen molar-refractivity contribution in [2.45, 2.75) is 29.1 Å². The average molecular weight is 359 g/mol. The van der Waals surface area contributed by atoms with E-state index >= 15 is 0 Å². The van der Waals surface area contributed by atoms with E-state index in [1.165, 1.54) is 0 Å². The summed E-state index contributed by atoms with van der Waals surface area (Å²) in [6.07, 6.45) is 2.21. The summed E-state index contributed by atoms with van der Waals surface area (Å²) in [4.78, 5) is 2.71. The van der Waals surface area contributed by atoms with Crippen molar-refractivity contribution < 1.29 is 8.42 Å². The molecule has 110 valence electrons. The number of nitrogens with one attached hydrogen (secondary N) is 1. The van der Waals surface area contributed by atoms with Crippen LogP contribution in [0.2, 0.25) is 0 Å². The minimum Gasteiger partial charge on any atom is -0.302 e. The molecule has 0 aliphatic carbocycles. The number of rotatable bonds is 4. The highest BCUT2D eigenvalue weighted by Crippen LogP contribution is 2.28. The molecule has 1 unspecified atom stereocenters. The first-order valence-corrected chi connectivity index (χ1v) is 9.58. The fourth-order valence-corrected chi connectivity index (χ4v) is 4.79. The van der Waals surface area contributed by atoms with Gasteiger partial charge in [0.15, 0.2) is 0 Å².